The van der Waals surface area contributed by atoms with Crippen LogP contribution in [0.4, 0.5) is 4.39 Å². The Kier molecular flexibility index (Phi) is 5.15. The van der Waals surface area contributed by atoms with Crippen LogP contribution in [0.2, 0.25) is 5.02 Å². The fraction of sp³-hybridized carbons (Fsp3) is 0.455. The van der Waals surface area contributed by atoms with Crippen LogP contribution in [0.25, 0.3) is 0 Å². The van der Waals surface area contributed by atoms with Crippen molar-refractivity contribution in [3.63, 3.8) is 0 Å². The molecule has 0 aromatic heterocycles. The summed E-state index contributed by atoms with van der Waals surface area (Å²) in [6.45, 7) is 0.561. The smallest absolute Gasteiger partial charge is 0.123 e. The Hall–Kier alpha value is -0.680. The van der Waals surface area contributed by atoms with Crippen LogP contribution in [0.5, 0.6) is 0 Å². The van der Waals surface area contributed by atoms with Crippen LogP contribution < -0.4 is 5.32 Å². The molecule has 3 N–H and O–H groups in total. The highest BCUT2D eigenvalue weighted by Crippen LogP contribution is 2.27. The van der Waals surface area contributed by atoms with Gasteiger partial charge in [-0.05, 0) is 38.2 Å². The van der Waals surface area contributed by atoms with Gasteiger partial charge >= 0.3 is 0 Å². The summed E-state index contributed by atoms with van der Waals surface area (Å²) in [5.74, 6) is -0.487. The fourth-order valence-corrected chi connectivity index (χ4v) is 1.63. The summed E-state index contributed by atoms with van der Waals surface area (Å²) in [5.41, 5.74) is 0.213. The minimum absolute atomic E-state index is 0.213. The molecule has 0 radical (unpaired) electrons. The topological polar surface area (TPSA) is 52.5 Å². The molecule has 0 aliphatic heterocycles. The quantitative estimate of drug-likeness (QED) is 0.739. The van der Waals surface area contributed by atoms with E-state index in [1.165, 1.54) is 12.1 Å². The van der Waals surface area contributed by atoms with E-state index in [-0.39, 0.29) is 10.6 Å². The molecule has 0 bridgehead atoms. The highest BCUT2D eigenvalue weighted by Gasteiger charge is 2.20. The summed E-state index contributed by atoms with van der Waals surface area (Å²) in [7, 11) is 1.74. The van der Waals surface area contributed by atoms with E-state index in [1.54, 1.807) is 7.05 Å². The van der Waals surface area contributed by atoms with Gasteiger partial charge in [0, 0.05) is 10.6 Å². The second-order valence-electron chi connectivity index (χ2n) is 3.57. The minimum Gasteiger partial charge on any atom is -0.390 e. The molecular formula is C11H15ClFNO2. The molecule has 90 valence electrons. The molecule has 0 saturated heterocycles. The number of rotatable bonds is 5. The molecule has 1 aromatic carbocycles. The molecule has 0 fully saturated rings. The van der Waals surface area contributed by atoms with E-state index in [4.69, 9.17) is 11.6 Å². The molecule has 0 aliphatic rings. The van der Waals surface area contributed by atoms with Crippen molar-refractivity contribution < 1.29 is 14.6 Å². The molecule has 0 heterocycles. The van der Waals surface area contributed by atoms with Gasteiger partial charge in [-0.25, -0.2) is 4.39 Å². The third kappa shape index (κ3) is 3.42. The van der Waals surface area contributed by atoms with Crippen LogP contribution in [0, 0.1) is 5.82 Å². The molecule has 1 rings (SSSR count). The monoisotopic (exact) mass is 247 g/mol. The maximum atomic E-state index is 13.0. The maximum absolute atomic E-state index is 13.0. The molecule has 2 atom stereocenters. The van der Waals surface area contributed by atoms with Gasteiger partial charge in [-0.1, -0.05) is 11.6 Å². The summed E-state index contributed by atoms with van der Waals surface area (Å²) in [6.07, 6.45) is -1.77. The van der Waals surface area contributed by atoms with E-state index < -0.39 is 18.0 Å². The van der Waals surface area contributed by atoms with Crippen LogP contribution in [-0.2, 0) is 0 Å². The molecule has 0 saturated carbocycles. The first-order valence-corrected chi connectivity index (χ1v) is 5.39. The van der Waals surface area contributed by atoms with E-state index in [2.05, 4.69) is 5.32 Å². The first-order valence-electron chi connectivity index (χ1n) is 5.02. The highest BCUT2D eigenvalue weighted by atomic mass is 35.5. The van der Waals surface area contributed by atoms with Crippen LogP contribution in [0.15, 0.2) is 18.2 Å². The van der Waals surface area contributed by atoms with Crippen molar-refractivity contribution in [3.05, 3.63) is 34.6 Å². The number of halogens is 2. The summed E-state index contributed by atoms with van der Waals surface area (Å²) in [4.78, 5) is 0. The molecule has 16 heavy (non-hydrogen) atoms. The van der Waals surface area contributed by atoms with Gasteiger partial charge in [0.05, 0.1) is 6.10 Å². The second-order valence-corrected chi connectivity index (χ2v) is 3.98. The van der Waals surface area contributed by atoms with E-state index >= 15 is 0 Å². The molecule has 1 aromatic rings. The van der Waals surface area contributed by atoms with Gasteiger partial charge in [-0.2, -0.15) is 0 Å². The van der Waals surface area contributed by atoms with Crippen LogP contribution in [0.1, 0.15) is 18.1 Å². The van der Waals surface area contributed by atoms with Crippen molar-refractivity contribution in [2.24, 2.45) is 0 Å². The van der Waals surface area contributed by atoms with Gasteiger partial charge in [-0.3, -0.25) is 0 Å². The molecular weight excluding hydrogens is 233 g/mol. The van der Waals surface area contributed by atoms with E-state index in [1.807, 2.05) is 0 Å². The van der Waals surface area contributed by atoms with Gasteiger partial charge < -0.3 is 15.5 Å². The number of hydrogen-bond acceptors (Lipinski definition) is 3. The Morgan fingerprint density at radius 1 is 1.44 bits per heavy atom. The Morgan fingerprint density at radius 3 is 2.75 bits per heavy atom. The Balaban J connectivity index is 2.78. The van der Waals surface area contributed by atoms with Crippen LogP contribution >= 0.6 is 11.6 Å². The van der Waals surface area contributed by atoms with Crippen LogP contribution in [0.3, 0.4) is 0 Å². The van der Waals surface area contributed by atoms with E-state index in [0.29, 0.717) is 13.0 Å². The van der Waals surface area contributed by atoms with E-state index in [9.17, 15) is 14.6 Å². The van der Waals surface area contributed by atoms with Crippen molar-refractivity contribution in [1.29, 1.82) is 0 Å². The SMILES string of the molecule is CNCCC(O)C(O)c1cc(F)ccc1Cl. The summed E-state index contributed by atoms with van der Waals surface area (Å²) in [5, 5.41) is 22.5. The highest BCUT2D eigenvalue weighted by molar-refractivity contribution is 6.31. The molecule has 5 heteroatoms. The van der Waals surface area contributed by atoms with Gasteiger partial charge in [0.25, 0.3) is 0 Å². The molecule has 0 spiro atoms. The predicted octanol–water partition coefficient (Wildman–Crippen LogP) is 1.48. The summed E-state index contributed by atoms with van der Waals surface area (Å²) in [6, 6.07) is 3.70. The molecule has 0 aliphatic carbocycles. The first kappa shape index (κ1) is 13.4. The lowest BCUT2D eigenvalue weighted by Crippen LogP contribution is -2.23. The maximum Gasteiger partial charge on any atom is 0.123 e. The third-order valence-corrected chi connectivity index (χ3v) is 2.68. The average molecular weight is 248 g/mol. The van der Waals surface area contributed by atoms with Gasteiger partial charge in [0.2, 0.25) is 0 Å². The average Bonchev–Trinajstić information content (AvgIpc) is 2.28. The van der Waals surface area contributed by atoms with Crippen molar-refractivity contribution in [1.82, 2.24) is 5.32 Å². The lowest BCUT2D eigenvalue weighted by molar-refractivity contribution is 0.0139. The largest absolute Gasteiger partial charge is 0.390 e. The standard InChI is InChI=1S/C11H15ClFNO2/c1-14-5-4-10(15)11(16)8-6-7(13)2-3-9(8)12/h2-3,6,10-11,14-16H,4-5H2,1H3. The first-order chi connectivity index (χ1) is 7.56. The molecule has 3 nitrogen and oxygen atoms in total. The van der Waals surface area contributed by atoms with Crippen molar-refractivity contribution >= 4 is 11.6 Å². The van der Waals surface area contributed by atoms with E-state index in [0.717, 1.165) is 6.07 Å². The number of benzene rings is 1. The molecule has 0 amide bonds. The van der Waals surface area contributed by atoms with Crippen molar-refractivity contribution in [2.75, 3.05) is 13.6 Å². The predicted molar refractivity (Wildman–Crippen MR) is 60.9 cm³/mol. The zero-order valence-corrected chi connectivity index (χ0v) is 9.71. The Labute approximate surface area is 98.9 Å². The summed E-state index contributed by atoms with van der Waals surface area (Å²) < 4.78 is 13.0. The number of nitrogens with one attached hydrogen (secondary N) is 1. The summed E-state index contributed by atoms with van der Waals surface area (Å²) >= 11 is 5.82. The number of aliphatic hydroxyl groups excluding tert-OH is 2. The zero-order chi connectivity index (χ0) is 12.1. The Morgan fingerprint density at radius 2 is 2.12 bits per heavy atom. The third-order valence-electron chi connectivity index (χ3n) is 2.33. The van der Waals surface area contributed by atoms with Gasteiger partial charge in [-0.15, -0.1) is 0 Å². The molecule has 2 unspecified atom stereocenters. The Bertz CT molecular complexity index is 349. The second kappa shape index (κ2) is 6.15. The number of aliphatic hydroxyl groups is 2. The van der Waals surface area contributed by atoms with Crippen LogP contribution in [-0.4, -0.2) is 29.9 Å². The number of hydrogen-bond donors (Lipinski definition) is 3. The van der Waals surface area contributed by atoms with Gasteiger partial charge in [0.15, 0.2) is 0 Å². The zero-order valence-electron chi connectivity index (χ0n) is 8.95. The fourth-order valence-electron chi connectivity index (χ4n) is 1.40. The normalized spacial score (nSPS) is 14.8. The lowest BCUT2D eigenvalue weighted by Gasteiger charge is -2.19. The lowest BCUT2D eigenvalue weighted by atomic mass is 10.0. The van der Waals surface area contributed by atoms with Crippen molar-refractivity contribution in [2.45, 2.75) is 18.6 Å². The minimum atomic E-state index is -1.17. The van der Waals surface area contributed by atoms with Gasteiger partial charge in [0.1, 0.15) is 11.9 Å². The van der Waals surface area contributed by atoms with Crippen molar-refractivity contribution in [3.8, 4) is 0 Å².